The molecule has 0 spiro atoms. The molecule has 1 saturated carbocycles. The molecule has 0 aliphatic heterocycles. The van der Waals surface area contributed by atoms with Crippen molar-refractivity contribution in [2.45, 2.75) is 52.1 Å². The smallest absolute Gasteiger partial charge is 0.162 e. The van der Waals surface area contributed by atoms with Crippen molar-refractivity contribution in [2.75, 3.05) is 12.5 Å². The fraction of sp³-hybridized carbons (Fsp3) is 0.714. The Morgan fingerprint density at radius 3 is 2.42 bits per heavy atom. The highest BCUT2D eigenvalue weighted by Crippen LogP contribution is 2.41. The molecule has 0 atom stereocenters. The van der Waals surface area contributed by atoms with Gasteiger partial charge in [-0.1, -0.05) is 6.92 Å². The lowest BCUT2D eigenvalue weighted by Crippen LogP contribution is -2.36. The Morgan fingerprint density at radius 1 is 1.26 bits per heavy atom. The number of nitrogens with two attached hydrogens (primary N) is 1. The van der Waals surface area contributed by atoms with Crippen LogP contribution in [0.15, 0.2) is 0 Å². The summed E-state index contributed by atoms with van der Waals surface area (Å²) in [5.74, 6) is 7.75. The summed E-state index contributed by atoms with van der Waals surface area (Å²) in [7, 11) is 1.75. The molecule has 1 fully saturated rings. The van der Waals surface area contributed by atoms with Gasteiger partial charge < -0.3 is 10.2 Å². The van der Waals surface area contributed by atoms with Crippen LogP contribution in [-0.2, 0) is 10.3 Å². The topological polar surface area (TPSA) is 73.1 Å². The van der Waals surface area contributed by atoms with Gasteiger partial charge in [0.05, 0.1) is 0 Å². The van der Waals surface area contributed by atoms with Gasteiger partial charge in [0.25, 0.3) is 0 Å². The van der Waals surface area contributed by atoms with Gasteiger partial charge in [-0.3, -0.25) is 0 Å². The van der Waals surface area contributed by atoms with E-state index in [1.165, 1.54) is 0 Å². The number of nitrogens with zero attached hydrogens (tertiary/aromatic N) is 2. The van der Waals surface area contributed by atoms with E-state index in [0.717, 1.165) is 48.7 Å². The minimum atomic E-state index is -0.351. The number of methoxy groups -OCH3 is 1. The first-order chi connectivity index (χ1) is 9.02. The van der Waals surface area contributed by atoms with Crippen LogP contribution >= 0.6 is 0 Å². The number of nitrogen functional groups attached to an aromatic ring is 1. The fourth-order valence-corrected chi connectivity index (χ4v) is 2.72. The normalized spacial score (nSPS) is 27.3. The largest absolute Gasteiger partial charge is 0.370 e. The third-order valence-corrected chi connectivity index (χ3v) is 4.41. The van der Waals surface area contributed by atoms with Gasteiger partial charge in [-0.2, -0.15) is 0 Å². The summed E-state index contributed by atoms with van der Waals surface area (Å²) >= 11 is 0. The molecule has 19 heavy (non-hydrogen) atoms. The van der Waals surface area contributed by atoms with Crippen molar-refractivity contribution >= 4 is 5.82 Å². The van der Waals surface area contributed by atoms with E-state index in [2.05, 4.69) is 22.3 Å². The lowest BCUT2D eigenvalue weighted by molar-refractivity contribution is -0.0597. The van der Waals surface area contributed by atoms with Gasteiger partial charge in [0.15, 0.2) is 5.82 Å². The molecular formula is C14H24N4O. The Kier molecular flexibility index (Phi) is 4.06. The van der Waals surface area contributed by atoms with Gasteiger partial charge in [0.1, 0.15) is 11.4 Å². The molecular weight excluding hydrogens is 240 g/mol. The molecule has 1 heterocycles. The molecule has 0 bridgehead atoms. The van der Waals surface area contributed by atoms with Crippen molar-refractivity contribution in [2.24, 2.45) is 11.8 Å². The van der Waals surface area contributed by atoms with Crippen LogP contribution in [0.25, 0.3) is 0 Å². The second kappa shape index (κ2) is 5.43. The summed E-state index contributed by atoms with van der Waals surface area (Å²) in [5.41, 5.74) is 4.25. The fourth-order valence-electron chi connectivity index (χ4n) is 2.72. The zero-order valence-electron chi connectivity index (χ0n) is 12.3. The molecule has 0 radical (unpaired) electrons. The summed E-state index contributed by atoms with van der Waals surface area (Å²) < 4.78 is 5.81. The second-order valence-corrected chi connectivity index (χ2v) is 5.63. The first-order valence-corrected chi connectivity index (χ1v) is 6.90. The monoisotopic (exact) mass is 264 g/mol. The highest BCUT2D eigenvalue weighted by molar-refractivity contribution is 5.44. The van der Waals surface area contributed by atoms with Crippen molar-refractivity contribution in [3.05, 3.63) is 17.1 Å². The van der Waals surface area contributed by atoms with Gasteiger partial charge in [-0.05, 0) is 45.4 Å². The second-order valence-electron chi connectivity index (χ2n) is 5.63. The maximum atomic E-state index is 5.81. The predicted molar refractivity (Wildman–Crippen MR) is 75.6 cm³/mol. The van der Waals surface area contributed by atoms with Gasteiger partial charge >= 0.3 is 0 Å². The molecule has 0 saturated heterocycles. The minimum Gasteiger partial charge on any atom is -0.370 e. The molecule has 3 N–H and O–H groups in total. The van der Waals surface area contributed by atoms with Crippen LogP contribution in [-0.4, -0.2) is 17.1 Å². The third-order valence-electron chi connectivity index (χ3n) is 4.41. The summed E-state index contributed by atoms with van der Waals surface area (Å²) in [6.45, 7) is 6.24. The lowest BCUT2D eigenvalue weighted by atomic mass is 9.79. The number of nitrogens with one attached hydrogen (secondary N) is 1. The summed E-state index contributed by atoms with van der Waals surface area (Å²) in [5, 5.41) is 0. The maximum absolute atomic E-state index is 5.81. The average Bonchev–Trinajstić information content (AvgIpc) is 2.43. The highest BCUT2D eigenvalue weighted by atomic mass is 16.5. The number of aromatic nitrogens is 2. The van der Waals surface area contributed by atoms with Crippen LogP contribution in [0.5, 0.6) is 0 Å². The van der Waals surface area contributed by atoms with E-state index in [4.69, 9.17) is 10.6 Å². The molecule has 5 nitrogen and oxygen atoms in total. The Labute approximate surface area is 114 Å². The number of anilines is 1. The number of hydrogen-bond donors (Lipinski definition) is 2. The van der Waals surface area contributed by atoms with Crippen molar-refractivity contribution < 1.29 is 4.74 Å². The Hall–Kier alpha value is -1.20. The van der Waals surface area contributed by atoms with E-state index in [1.807, 2.05) is 13.8 Å². The molecule has 5 heteroatoms. The van der Waals surface area contributed by atoms with Crippen molar-refractivity contribution in [3.8, 4) is 0 Å². The number of hydrazine groups is 1. The molecule has 1 aliphatic rings. The predicted octanol–water partition coefficient (Wildman–Crippen LogP) is 2.43. The highest BCUT2D eigenvalue weighted by Gasteiger charge is 2.39. The summed E-state index contributed by atoms with van der Waals surface area (Å²) in [6, 6.07) is 0. The van der Waals surface area contributed by atoms with Crippen LogP contribution in [0, 0.1) is 19.8 Å². The van der Waals surface area contributed by atoms with E-state index in [9.17, 15) is 0 Å². The van der Waals surface area contributed by atoms with Crippen molar-refractivity contribution in [1.29, 1.82) is 0 Å². The molecule has 0 amide bonds. The van der Waals surface area contributed by atoms with Gasteiger partial charge in [-0.25, -0.2) is 15.8 Å². The lowest BCUT2D eigenvalue weighted by Gasteiger charge is -2.37. The number of ether oxygens (including phenoxy) is 1. The van der Waals surface area contributed by atoms with Crippen LogP contribution < -0.4 is 11.3 Å². The van der Waals surface area contributed by atoms with Crippen LogP contribution in [0.1, 0.15) is 49.7 Å². The number of aryl methyl sites for hydroxylation is 1. The molecule has 0 aromatic carbocycles. The van der Waals surface area contributed by atoms with Crippen LogP contribution in [0.4, 0.5) is 5.82 Å². The molecule has 0 unspecified atom stereocenters. The van der Waals surface area contributed by atoms with E-state index >= 15 is 0 Å². The SMILES string of the molecule is COC1(c2nc(C)c(C)c(NN)n2)CCC(C)CC1. The molecule has 1 aromatic heterocycles. The quantitative estimate of drug-likeness (QED) is 0.648. The zero-order chi connectivity index (χ0) is 14.0. The number of hydrogen-bond acceptors (Lipinski definition) is 5. The molecule has 2 rings (SSSR count). The Balaban J connectivity index is 2.41. The standard InChI is InChI=1S/C14H24N4O/c1-9-5-7-14(19-4,8-6-9)13-16-11(3)10(2)12(17-13)18-15/h9H,5-8,15H2,1-4H3,(H,16,17,18). The molecule has 1 aliphatic carbocycles. The van der Waals surface area contributed by atoms with Crippen molar-refractivity contribution in [3.63, 3.8) is 0 Å². The van der Waals surface area contributed by atoms with Gasteiger partial charge in [-0.15, -0.1) is 0 Å². The maximum Gasteiger partial charge on any atom is 0.162 e. The van der Waals surface area contributed by atoms with E-state index in [0.29, 0.717) is 5.82 Å². The van der Waals surface area contributed by atoms with E-state index in [1.54, 1.807) is 7.11 Å². The summed E-state index contributed by atoms with van der Waals surface area (Å²) in [6.07, 6.45) is 4.24. The Morgan fingerprint density at radius 2 is 1.89 bits per heavy atom. The zero-order valence-corrected chi connectivity index (χ0v) is 12.3. The van der Waals surface area contributed by atoms with Crippen LogP contribution in [0.2, 0.25) is 0 Å². The van der Waals surface area contributed by atoms with Crippen molar-refractivity contribution in [1.82, 2.24) is 9.97 Å². The number of rotatable bonds is 3. The third kappa shape index (κ3) is 2.58. The first kappa shape index (κ1) is 14.2. The average molecular weight is 264 g/mol. The summed E-state index contributed by atoms with van der Waals surface area (Å²) in [4.78, 5) is 9.21. The molecule has 1 aromatic rings. The van der Waals surface area contributed by atoms with E-state index in [-0.39, 0.29) is 5.60 Å². The van der Waals surface area contributed by atoms with Crippen LogP contribution in [0.3, 0.4) is 0 Å². The molecule has 106 valence electrons. The minimum absolute atomic E-state index is 0.351. The van der Waals surface area contributed by atoms with Gasteiger partial charge in [0, 0.05) is 18.4 Å². The Bertz CT molecular complexity index is 453. The first-order valence-electron chi connectivity index (χ1n) is 6.90. The van der Waals surface area contributed by atoms with E-state index < -0.39 is 0 Å². The van der Waals surface area contributed by atoms with Gasteiger partial charge in [0.2, 0.25) is 0 Å².